The van der Waals surface area contributed by atoms with E-state index in [2.05, 4.69) is 11.5 Å². The van der Waals surface area contributed by atoms with Crippen LogP contribution in [0.15, 0.2) is 12.7 Å². The van der Waals surface area contributed by atoms with Crippen LogP contribution in [-0.2, 0) is 0 Å². The fourth-order valence-corrected chi connectivity index (χ4v) is 2.77. The van der Waals surface area contributed by atoms with E-state index >= 15 is 0 Å². The predicted octanol–water partition coefficient (Wildman–Crippen LogP) is 2.29. The zero-order chi connectivity index (χ0) is 8.39. The summed E-state index contributed by atoms with van der Waals surface area (Å²) in [7, 11) is 0. The molecular weight excluding hydrogens is 146 g/mol. The Morgan fingerprint density at radius 3 is 2.50 bits per heavy atom. The van der Waals surface area contributed by atoms with E-state index < -0.39 is 0 Å². The molecule has 0 radical (unpaired) electrons. The van der Waals surface area contributed by atoms with Gasteiger partial charge in [0.1, 0.15) is 0 Å². The monoisotopic (exact) mass is 165 g/mol. The Kier molecular flexibility index (Phi) is 2.50. The van der Waals surface area contributed by atoms with Crippen LogP contribution in [0, 0.1) is 11.8 Å². The van der Waals surface area contributed by atoms with Crippen molar-refractivity contribution in [2.24, 2.45) is 11.8 Å². The molecule has 1 saturated heterocycles. The van der Waals surface area contributed by atoms with Gasteiger partial charge in [0.15, 0.2) is 0 Å². The first-order valence-electron chi connectivity index (χ1n) is 5.21. The molecule has 1 aliphatic heterocycles. The second kappa shape index (κ2) is 3.61. The van der Waals surface area contributed by atoms with Crippen molar-refractivity contribution in [2.45, 2.75) is 25.7 Å². The van der Waals surface area contributed by atoms with Crippen LogP contribution in [0.4, 0.5) is 0 Å². The fraction of sp³-hybridized carbons (Fsp3) is 0.818. The molecule has 12 heavy (non-hydrogen) atoms. The zero-order valence-corrected chi connectivity index (χ0v) is 7.84. The molecule has 1 heterocycles. The first kappa shape index (κ1) is 8.31. The Labute approximate surface area is 75.4 Å². The normalized spacial score (nSPS) is 35.3. The van der Waals surface area contributed by atoms with Gasteiger partial charge in [0.05, 0.1) is 0 Å². The van der Waals surface area contributed by atoms with Crippen LogP contribution < -0.4 is 0 Å². The minimum atomic E-state index is 1.04. The summed E-state index contributed by atoms with van der Waals surface area (Å²) in [6, 6.07) is 0. The molecule has 2 atom stereocenters. The van der Waals surface area contributed by atoms with E-state index in [1.165, 1.54) is 45.3 Å². The van der Waals surface area contributed by atoms with Crippen LogP contribution in [0.1, 0.15) is 25.7 Å². The number of piperidine rings is 1. The van der Waals surface area contributed by atoms with E-state index in [0.717, 1.165) is 11.8 Å². The van der Waals surface area contributed by atoms with Gasteiger partial charge in [-0.15, -0.1) is 6.58 Å². The molecule has 2 aliphatic rings. The van der Waals surface area contributed by atoms with Crippen molar-refractivity contribution >= 4 is 0 Å². The molecule has 0 N–H and O–H groups in total. The Morgan fingerprint density at radius 1 is 1.25 bits per heavy atom. The largest absolute Gasteiger partial charge is 0.302 e. The maximum Gasteiger partial charge on any atom is 0.00160 e. The summed E-state index contributed by atoms with van der Waals surface area (Å²) in [5, 5.41) is 0. The minimum absolute atomic E-state index is 1.04. The summed E-state index contributed by atoms with van der Waals surface area (Å²) in [6.45, 7) is 7.75. The van der Waals surface area contributed by atoms with Crippen molar-refractivity contribution in [2.75, 3.05) is 19.6 Å². The highest BCUT2D eigenvalue weighted by Gasteiger charge is 2.32. The molecular formula is C11H19N. The fourth-order valence-electron chi connectivity index (χ4n) is 2.77. The highest BCUT2D eigenvalue weighted by molar-refractivity contribution is 4.86. The maximum atomic E-state index is 3.77. The summed E-state index contributed by atoms with van der Waals surface area (Å²) >= 11 is 0. The number of fused-ring (bicyclic) bond motifs is 2. The molecule has 1 saturated carbocycles. The Bertz CT molecular complexity index is 152. The molecule has 68 valence electrons. The van der Waals surface area contributed by atoms with Crippen molar-refractivity contribution in [1.29, 1.82) is 0 Å². The number of nitrogens with zero attached hydrogens (tertiary/aromatic N) is 1. The van der Waals surface area contributed by atoms with Gasteiger partial charge in [0.2, 0.25) is 0 Å². The third-order valence-electron chi connectivity index (χ3n) is 3.33. The lowest BCUT2D eigenvalue weighted by Crippen LogP contribution is -2.36. The minimum Gasteiger partial charge on any atom is -0.302 e. The first-order valence-corrected chi connectivity index (χ1v) is 5.21. The molecule has 0 aromatic rings. The van der Waals surface area contributed by atoms with E-state index in [1.807, 2.05) is 6.08 Å². The Balaban J connectivity index is 1.81. The van der Waals surface area contributed by atoms with Crippen LogP contribution >= 0.6 is 0 Å². The maximum absolute atomic E-state index is 3.77. The van der Waals surface area contributed by atoms with Crippen molar-refractivity contribution in [3.8, 4) is 0 Å². The molecule has 2 bridgehead atoms. The summed E-state index contributed by atoms with van der Waals surface area (Å²) in [6.07, 6.45) is 7.71. The average Bonchev–Trinajstić information content (AvgIpc) is 2.42. The number of likely N-dealkylation sites (tertiary alicyclic amines) is 1. The van der Waals surface area contributed by atoms with Crippen LogP contribution in [0.25, 0.3) is 0 Å². The average molecular weight is 165 g/mol. The van der Waals surface area contributed by atoms with Gasteiger partial charge in [-0.3, -0.25) is 0 Å². The third kappa shape index (κ3) is 1.71. The standard InChI is InChI=1S/C11H19N/c1-2-3-6-12-8-10-4-5-11(7-10)9-12/h2,10-11H,1,3-9H2. The van der Waals surface area contributed by atoms with Crippen molar-refractivity contribution in [3.05, 3.63) is 12.7 Å². The molecule has 0 aromatic carbocycles. The molecule has 2 unspecified atom stereocenters. The molecule has 1 aliphatic carbocycles. The highest BCUT2D eigenvalue weighted by atomic mass is 15.1. The second-order valence-electron chi connectivity index (χ2n) is 4.38. The van der Waals surface area contributed by atoms with Gasteiger partial charge in [-0.25, -0.2) is 0 Å². The summed E-state index contributed by atoms with van der Waals surface area (Å²) in [5.74, 6) is 2.07. The molecule has 2 rings (SSSR count). The van der Waals surface area contributed by atoms with Gasteiger partial charge < -0.3 is 4.90 Å². The molecule has 1 heteroatoms. The van der Waals surface area contributed by atoms with E-state index in [9.17, 15) is 0 Å². The summed E-state index contributed by atoms with van der Waals surface area (Å²) in [4.78, 5) is 2.63. The quantitative estimate of drug-likeness (QED) is 0.580. The topological polar surface area (TPSA) is 3.24 Å². The van der Waals surface area contributed by atoms with E-state index in [4.69, 9.17) is 0 Å². The van der Waals surface area contributed by atoms with Crippen LogP contribution in [0.2, 0.25) is 0 Å². The Hall–Kier alpha value is -0.300. The van der Waals surface area contributed by atoms with Crippen LogP contribution in [-0.4, -0.2) is 24.5 Å². The lowest BCUT2D eigenvalue weighted by molar-refractivity contribution is 0.171. The van der Waals surface area contributed by atoms with Gasteiger partial charge in [-0.05, 0) is 37.5 Å². The predicted molar refractivity (Wildman–Crippen MR) is 52.1 cm³/mol. The van der Waals surface area contributed by atoms with Gasteiger partial charge in [0.25, 0.3) is 0 Å². The Morgan fingerprint density at radius 2 is 1.92 bits per heavy atom. The second-order valence-corrected chi connectivity index (χ2v) is 4.38. The summed E-state index contributed by atoms with van der Waals surface area (Å²) in [5.41, 5.74) is 0. The van der Waals surface area contributed by atoms with Crippen LogP contribution in [0.5, 0.6) is 0 Å². The smallest absolute Gasteiger partial charge is 0.00160 e. The van der Waals surface area contributed by atoms with Crippen LogP contribution in [0.3, 0.4) is 0 Å². The van der Waals surface area contributed by atoms with E-state index in [0.29, 0.717) is 0 Å². The molecule has 1 nitrogen and oxygen atoms in total. The number of rotatable bonds is 3. The van der Waals surface area contributed by atoms with E-state index in [-0.39, 0.29) is 0 Å². The number of hydrogen-bond donors (Lipinski definition) is 0. The number of hydrogen-bond acceptors (Lipinski definition) is 1. The highest BCUT2D eigenvalue weighted by Crippen LogP contribution is 2.36. The molecule has 0 spiro atoms. The van der Waals surface area contributed by atoms with Gasteiger partial charge >= 0.3 is 0 Å². The van der Waals surface area contributed by atoms with Gasteiger partial charge in [-0.2, -0.15) is 0 Å². The third-order valence-corrected chi connectivity index (χ3v) is 3.33. The lowest BCUT2D eigenvalue weighted by Gasteiger charge is -2.31. The van der Waals surface area contributed by atoms with Gasteiger partial charge in [0, 0.05) is 19.6 Å². The lowest BCUT2D eigenvalue weighted by atomic mass is 9.99. The van der Waals surface area contributed by atoms with E-state index in [1.54, 1.807) is 0 Å². The molecule has 0 amide bonds. The first-order chi connectivity index (χ1) is 5.88. The molecule has 2 fully saturated rings. The molecule has 0 aromatic heterocycles. The zero-order valence-electron chi connectivity index (χ0n) is 7.84. The van der Waals surface area contributed by atoms with Crippen molar-refractivity contribution in [3.63, 3.8) is 0 Å². The SMILES string of the molecule is C=CCCN1CC2CCC(C2)C1. The van der Waals surface area contributed by atoms with Crippen molar-refractivity contribution < 1.29 is 0 Å². The van der Waals surface area contributed by atoms with Gasteiger partial charge in [-0.1, -0.05) is 6.08 Å². The summed E-state index contributed by atoms with van der Waals surface area (Å²) < 4.78 is 0. The van der Waals surface area contributed by atoms with Crippen molar-refractivity contribution in [1.82, 2.24) is 4.90 Å².